The minimum atomic E-state index is -3.78. The molecule has 1 N–H and O–H groups in total. The summed E-state index contributed by atoms with van der Waals surface area (Å²) in [5.74, 6) is 0.539. The lowest BCUT2D eigenvalue weighted by molar-refractivity contribution is 0.0804. The number of aryl methyl sites for hydroxylation is 1. The molecular formula is C22H22N4O4S. The molecule has 0 radical (unpaired) electrons. The number of carbonyl (C=O) groups is 1. The van der Waals surface area contributed by atoms with Crippen molar-refractivity contribution in [2.24, 2.45) is 0 Å². The van der Waals surface area contributed by atoms with Crippen LogP contribution in [0.5, 0.6) is 0 Å². The van der Waals surface area contributed by atoms with Gasteiger partial charge in [-0.2, -0.15) is 4.98 Å². The van der Waals surface area contributed by atoms with Crippen LogP contribution >= 0.6 is 0 Å². The van der Waals surface area contributed by atoms with E-state index in [0.717, 1.165) is 12.0 Å². The second kappa shape index (κ2) is 7.19. The Bertz CT molecular complexity index is 1260. The molecule has 2 aliphatic rings. The lowest BCUT2D eigenvalue weighted by atomic mass is 9.76. The number of sulfonamides is 1. The molecule has 3 aromatic rings. The van der Waals surface area contributed by atoms with Crippen LogP contribution in [-0.2, 0) is 22.0 Å². The van der Waals surface area contributed by atoms with Gasteiger partial charge in [-0.15, -0.1) is 0 Å². The van der Waals surface area contributed by atoms with Gasteiger partial charge in [0, 0.05) is 19.0 Å². The Hall–Kier alpha value is -3.20. The largest absolute Gasteiger partial charge is 0.340 e. The van der Waals surface area contributed by atoms with Crippen molar-refractivity contribution in [3.63, 3.8) is 0 Å². The predicted octanol–water partition coefficient (Wildman–Crippen LogP) is 2.94. The molecular weight excluding hydrogens is 416 g/mol. The Morgan fingerprint density at radius 2 is 1.97 bits per heavy atom. The van der Waals surface area contributed by atoms with Gasteiger partial charge < -0.3 is 9.84 Å². The molecule has 31 heavy (non-hydrogen) atoms. The van der Waals surface area contributed by atoms with Crippen molar-refractivity contribution in [3.05, 3.63) is 71.4 Å². The zero-order chi connectivity index (χ0) is 21.6. The molecule has 2 aromatic carbocycles. The fourth-order valence-electron chi connectivity index (χ4n) is 4.20. The van der Waals surface area contributed by atoms with Gasteiger partial charge in [-0.3, -0.25) is 9.10 Å². The van der Waals surface area contributed by atoms with E-state index in [1.54, 1.807) is 19.1 Å². The van der Waals surface area contributed by atoms with Crippen LogP contribution in [0, 0.1) is 6.92 Å². The predicted molar refractivity (Wildman–Crippen MR) is 113 cm³/mol. The van der Waals surface area contributed by atoms with E-state index in [0.29, 0.717) is 43.2 Å². The summed E-state index contributed by atoms with van der Waals surface area (Å²) in [4.78, 5) is 17.4. The van der Waals surface area contributed by atoms with Gasteiger partial charge >= 0.3 is 0 Å². The molecule has 0 bridgehead atoms. The standard InChI is InChI=1S/C22H22N4O4S/c1-15-23-21(25-30-15)22(11-5-12-22)24-20(27)17-7-4-8-18(14-17)31(28,29)26-13-10-16-6-2-3-9-19(16)26/h2-4,6-9,14H,5,10-13H2,1H3,(H,24,27). The van der Waals surface area contributed by atoms with Crippen molar-refractivity contribution in [1.82, 2.24) is 15.5 Å². The van der Waals surface area contributed by atoms with Gasteiger partial charge in [-0.25, -0.2) is 8.42 Å². The first-order valence-corrected chi connectivity index (χ1v) is 11.7. The van der Waals surface area contributed by atoms with Crippen LogP contribution in [0.4, 0.5) is 5.69 Å². The number of fused-ring (bicyclic) bond motifs is 1. The van der Waals surface area contributed by atoms with Crippen LogP contribution in [0.2, 0.25) is 0 Å². The summed E-state index contributed by atoms with van der Waals surface area (Å²) in [6, 6.07) is 13.6. The monoisotopic (exact) mass is 438 g/mol. The number of benzene rings is 2. The number of hydrogen-bond acceptors (Lipinski definition) is 6. The van der Waals surface area contributed by atoms with Crippen molar-refractivity contribution in [2.45, 2.75) is 43.0 Å². The summed E-state index contributed by atoms with van der Waals surface area (Å²) < 4.78 is 33.1. The number of rotatable bonds is 5. The molecule has 0 saturated heterocycles. The van der Waals surface area contributed by atoms with E-state index in [1.807, 2.05) is 24.3 Å². The smallest absolute Gasteiger partial charge is 0.264 e. The highest BCUT2D eigenvalue weighted by atomic mass is 32.2. The maximum absolute atomic E-state index is 13.3. The summed E-state index contributed by atoms with van der Waals surface area (Å²) in [6.45, 7) is 2.09. The van der Waals surface area contributed by atoms with Crippen molar-refractivity contribution in [1.29, 1.82) is 0 Å². The third-order valence-corrected chi connectivity index (χ3v) is 7.85. The molecule has 1 aliphatic heterocycles. The van der Waals surface area contributed by atoms with Crippen molar-refractivity contribution >= 4 is 21.6 Å². The molecule has 1 aromatic heterocycles. The molecule has 1 aliphatic carbocycles. The molecule has 1 amide bonds. The lowest BCUT2D eigenvalue weighted by Gasteiger charge is -2.39. The van der Waals surface area contributed by atoms with Gasteiger partial charge in [0.05, 0.1) is 10.6 Å². The third kappa shape index (κ3) is 3.29. The van der Waals surface area contributed by atoms with Gasteiger partial charge in [0.25, 0.3) is 15.9 Å². The van der Waals surface area contributed by atoms with Gasteiger partial charge in [-0.1, -0.05) is 29.4 Å². The zero-order valence-electron chi connectivity index (χ0n) is 17.0. The first-order chi connectivity index (χ1) is 14.9. The van der Waals surface area contributed by atoms with E-state index in [4.69, 9.17) is 4.52 Å². The van der Waals surface area contributed by atoms with E-state index in [1.165, 1.54) is 16.4 Å². The topological polar surface area (TPSA) is 105 Å². The van der Waals surface area contributed by atoms with Crippen LogP contribution < -0.4 is 9.62 Å². The molecule has 160 valence electrons. The first-order valence-electron chi connectivity index (χ1n) is 10.2. The number of para-hydroxylation sites is 1. The number of nitrogens with one attached hydrogen (secondary N) is 1. The Morgan fingerprint density at radius 1 is 1.16 bits per heavy atom. The van der Waals surface area contributed by atoms with E-state index >= 15 is 0 Å². The number of anilines is 1. The summed E-state index contributed by atoms with van der Waals surface area (Å²) in [5, 5.41) is 6.99. The van der Waals surface area contributed by atoms with E-state index in [2.05, 4.69) is 15.5 Å². The molecule has 0 atom stereocenters. The summed E-state index contributed by atoms with van der Waals surface area (Å²) in [5.41, 5.74) is 1.30. The Morgan fingerprint density at radius 3 is 2.68 bits per heavy atom. The molecule has 9 heteroatoms. The highest BCUT2D eigenvalue weighted by molar-refractivity contribution is 7.92. The third-order valence-electron chi connectivity index (χ3n) is 6.04. The van der Waals surface area contributed by atoms with Gasteiger partial charge in [0.1, 0.15) is 5.54 Å². The minimum Gasteiger partial charge on any atom is -0.340 e. The second-order valence-electron chi connectivity index (χ2n) is 8.01. The van der Waals surface area contributed by atoms with E-state index in [9.17, 15) is 13.2 Å². The highest BCUT2D eigenvalue weighted by Crippen LogP contribution is 2.40. The van der Waals surface area contributed by atoms with Crippen molar-refractivity contribution in [2.75, 3.05) is 10.8 Å². The van der Waals surface area contributed by atoms with Crippen molar-refractivity contribution in [3.8, 4) is 0 Å². The van der Waals surface area contributed by atoms with Crippen LogP contribution in [-0.4, -0.2) is 31.0 Å². The van der Waals surface area contributed by atoms with Crippen LogP contribution in [0.1, 0.15) is 46.9 Å². The van der Waals surface area contributed by atoms with Gasteiger partial charge in [-0.05, 0) is 55.5 Å². The summed E-state index contributed by atoms with van der Waals surface area (Å²) in [7, 11) is -3.78. The van der Waals surface area contributed by atoms with E-state index < -0.39 is 15.6 Å². The average molecular weight is 439 g/mol. The number of nitrogens with zero attached hydrogens (tertiary/aromatic N) is 3. The zero-order valence-corrected chi connectivity index (χ0v) is 17.9. The van der Waals surface area contributed by atoms with Crippen molar-refractivity contribution < 1.29 is 17.7 Å². The maximum Gasteiger partial charge on any atom is 0.264 e. The molecule has 2 heterocycles. The number of carbonyl (C=O) groups excluding carboxylic acids is 1. The van der Waals surface area contributed by atoms with Crippen LogP contribution in [0.3, 0.4) is 0 Å². The van der Waals surface area contributed by atoms with Crippen LogP contribution in [0.15, 0.2) is 57.9 Å². The highest BCUT2D eigenvalue weighted by Gasteiger charge is 2.44. The maximum atomic E-state index is 13.3. The summed E-state index contributed by atoms with van der Waals surface area (Å²) >= 11 is 0. The first kappa shape index (κ1) is 19.7. The Balaban J connectivity index is 1.42. The Kier molecular flexibility index (Phi) is 4.58. The molecule has 5 rings (SSSR count). The molecule has 1 fully saturated rings. The average Bonchev–Trinajstić information content (AvgIpc) is 3.37. The molecule has 8 nitrogen and oxygen atoms in total. The van der Waals surface area contributed by atoms with Gasteiger partial charge in [0.2, 0.25) is 5.89 Å². The van der Waals surface area contributed by atoms with Crippen LogP contribution in [0.25, 0.3) is 0 Å². The lowest BCUT2D eigenvalue weighted by Crippen LogP contribution is -2.51. The van der Waals surface area contributed by atoms with E-state index in [-0.39, 0.29) is 16.4 Å². The quantitative estimate of drug-likeness (QED) is 0.657. The van der Waals surface area contributed by atoms with Gasteiger partial charge in [0.15, 0.2) is 5.82 Å². The number of amides is 1. The molecule has 1 saturated carbocycles. The SMILES string of the molecule is Cc1nc(C2(NC(=O)c3cccc(S(=O)(=O)N4CCc5ccccc54)c3)CCC2)no1. The molecule has 0 spiro atoms. The number of aromatic nitrogens is 2. The second-order valence-corrected chi connectivity index (χ2v) is 9.87. The molecule has 0 unspecified atom stereocenters. The fraction of sp³-hybridized carbons (Fsp3) is 0.318. The number of hydrogen-bond donors (Lipinski definition) is 1. The summed E-state index contributed by atoms with van der Waals surface area (Å²) in [6.07, 6.45) is 3.03. The Labute approximate surface area is 180 Å². The fourth-order valence-corrected chi connectivity index (χ4v) is 5.75. The normalized spacial score (nSPS) is 17.1. The minimum absolute atomic E-state index is 0.0925.